The Labute approximate surface area is 350 Å². The summed E-state index contributed by atoms with van der Waals surface area (Å²) in [5.74, 6) is -0.603. The van der Waals surface area contributed by atoms with Gasteiger partial charge in [0.25, 0.3) is 5.56 Å². The van der Waals surface area contributed by atoms with Crippen molar-refractivity contribution in [3.63, 3.8) is 0 Å². The zero-order valence-electron chi connectivity index (χ0n) is 36.4. The van der Waals surface area contributed by atoms with Gasteiger partial charge in [0.2, 0.25) is 0 Å². The van der Waals surface area contributed by atoms with Gasteiger partial charge in [0.1, 0.15) is 36.2 Å². The van der Waals surface area contributed by atoms with Crippen LogP contribution >= 0.6 is 0 Å². The Morgan fingerprint density at radius 3 is 1.71 bits per heavy atom. The Morgan fingerprint density at radius 1 is 0.763 bits per heavy atom. The molecule has 0 bridgehead atoms. The Hall–Kier alpha value is -4.16. The first-order valence-corrected chi connectivity index (χ1v) is 26.0. The molecule has 1 fully saturated rings. The monoisotopic (exact) mass is 845 g/mol. The Kier molecular flexibility index (Phi) is 14.2. The second kappa shape index (κ2) is 18.2. The third-order valence-electron chi connectivity index (χ3n) is 12.3. The topological polar surface area (TPSA) is 142 Å². The van der Waals surface area contributed by atoms with Crippen molar-refractivity contribution in [3.8, 4) is 5.75 Å². The minimum absolute atomic E-state index is 0.0199. The summed E-state index contributed by atoms with van der Waals surface area (Å²) in [5, 5.41) is 23.2. The van der Waals surface area contributed by atoms with Gasteiger partial charge < -0.3 is 28.5 Å². The smallest absolute Gasteiger partial charge is 0.333 e. The maximum absolute atomic E-state index is 14.6. The minimum Gasteiger partial charge on any atom is -0.497 e. The normalized spacial score (nSPS) is 20.1. The lowest BCUT2D eigenvalue weighted by atomic mass is 9.97. The number of ether oxygens (including phenoxy) is 2. The molecule has 14 heteroatoms. The first-order valence-electron chi connectivity index (χ1n) is 20.2. The van der Waals surface area contributed by atoms with Gasteiger partial charge in [0.05, 0.1) is 13.7 Å². The molecule has 12 nitrogen and oxygen atoms in total. The molecule has 3 aromatic carbocycles. The molecule has 1 aromatic heterocycles. The fourth-order valence-corrected chi connectivity index (χ4v) is 9.41. The molecular formula is C45H63N3O9Si2. The third kappa shape index (κ3) is 10.6. The minimum atomic E-state index is -2.72. The van der Waals surface area contributed by atoms with Gasteiger partial charge in [0, 0.05) is 25.4 Å². The van der Waals surface area contributed by atoms with Crippen molar-refractivity contribution in [2.45, 2.75) is 134 Å². The molecule has 5 rings (SSSR count). The van der Waals surface area contributed by atoms with Gasteiger partial charge in [-0.15, -0.1) is 0 Å². The number of aliphatic hydroxyl groups is 1. The number of rotatable bonds is 16. The Balaban J connectivity index is 1.68. The molecule has 6 atom stereocenters. The SMILES string of the molecule is COc1ccc(Cn2c(=O)ccn([C@@H]3O[C@H]([C@@H](O)[C@@H](C(=O)O)N(Cc4ccccc4)Cc4ccccc4)[C@@H](O[Si](C)(C)C(C)(C)C)[C@H]3O[Si](C)(C)C(C)(C)C)c2=O)cc1. The summed E-state index contributed by atoms with van der Waals surface area (Å²) in [6.45, 7) is 21.4. The van der Waals surface area contributed by atoms with Crippen molar-refractivity contribution in [2.75, 3.05) is 7.11 Å². The molecule has 1 aliphatic heterocycles. The van der Waals surface area contributed by atoms with E-state index in [-0.39, 0.29) is 29.7 Å². The van der Waals surface area contributed by atoms with Crippen molar-refractivity contribution in [3.05, 3.63) is 135 Å². The van der Waals surface area contributed by atoms with Crippen molar-refractivity contribution >= 4 is 22.6 Å². The molecule has 320 valence electrons. The molecule has 2 N–H and O–H groups in total. The van der Waals surface area contributed by atoms with E-state index >= 15 is 0 Å². The molecule has 0 aliphatic carbocycles. The van der Waals surface area contributed by atoms with E-state index in [9.17, 15) is 24.6 Å². The molecule has 0 amide bonds. The van der Waals surface area contributed by atoms with E-state index in [2.05, 4.69) is 67.7 Å². The van der Waals surface area contributed by atoms with Crippen LogP contribution in [0.5, 0.6) is 5.75 Å². The standard InChI is InChI=1S/C45H63N3O9Si2/c1-44(2,3)58(8,9)56-39-38(37(50)36(42(51)52)46(28-31-18-14-12-15-19-31)29-32-20-16-13-17-21-32)55-41(40(39)57-59(10,11)45(4,5)6)47-27-26-35(49)48(43(47)53)30-33-22-24-34(54-7)25-23-33/h12-27,36-41,50H,28-30H2,1-11H3,(H,51,52)/t36-,37-,38+,39+,40+,41+/m0/s1. The van der Waals surface area contributed by atoms with Crippen LogP contribution in [0.3, 0.4) is 0 Å². The number of aromatic nitrogens is 2. The highest BCUT2D eigenvalue weighted by atomic mass is 28.4. The van der Waals surface area contributed by atoms with Crippen molar-refractivity contribution in [1.29, 1.82) is 0 Å². The molecule has 0 saturated carbocycles. The largest absolute Gasteiger partial charge is 0.497 e. The molecule has 1 saturated heterocycles. The molecule has 1 aliphatic rings. The lowest BCUT2D eigenvalue weighted by Crippen LogP contribution is -2.59. The number of benzene rings is 3. The highest BCUT2D eigenvalue weighted by molar-refractivity contribution is 6.74. The molecule has 0 spiro atoms. The summed E-state index contributed by atoms with van der Waals surface area (Å²) in [5.41, 5.74) is 1.29. The number of methoxy groups -OCH3 is 1. The summed E-state index contributed by atoms with van der Waals surface area (Å²) in [4.78, 5) is 43.3. The van der Waals surface area contributed by atoms with Crippen molar-refractivity contribution < 1.29 is 33.3 Å². The molecule has 0 radical (unpaired) electrons. The van der Waals surface area contributed by atoms with E-state index < -0.39 is 70.5 Å². The number of hydrogen-bond acceptors (Lipinski definition) is 9. The predicted octanol–water partition coefficient (Wildman–Crippen LogP) is 7.26. The first kappa shape index (κ1) is 45.9. The maximum Gasteiger partial charge on any atom is 0.333 e. The van der Waals surface area contributed by atoms with Crippen LogP contribution in [0.4, 0.5) is 0 Å². The van der Waals surface area contributed by atoms with Crippen LogP contribution in [0.2, 0.25) is 36.3 Å². The van der Waals surface area contributed by atoms with Crippen LogP contribution in [0.25, 0.3) is 0 Å². The molecular weight excluding hydrogens is 783 g/mol. The number of carboxylic acids is 1. The van der Waals surface area contributed by atoms with E-state index in [1.54, 1.807) is 36.3 Å². The number of carboxylic acid groups (broad SMARTS) is 1. The van der Waals surface area contributed by atoms with Crippen molar-refractivity contribution in [2.24, 2.45) is 0 Å². The molecule has 0 unspecified atom stereocenters. The average molecular weight is 846 g/mol. The van der Waals surface area contributed by atoms with E-state index in [0.29, 0.717) is 11.3 Å². The van der Waals surface area contributed by atoms with E-state index in [0.717, 1.165) is 15.7 Å². The van der Waals surface area contributed by atoms with Gasteiger partial charge in [-0.2, -0.15) is 0 Å². The highest BCUT2D eigenvalue weighted by Gasteiger charge is 2.58. The van der Waals surface area contributed by atoms with Gasteiger partial charge in [-0.1, -0.05) is 114 Å². The number of aliphatic carboxylic acids is 1. The second-order valence-electron chi connectivity index (χ2n) is 18.6. The Morgan fingerprint density at radius 2 is 1.25 bits per heavy atom. The zero-order valence-corrected chi connectivity index (χ0v) is 38.4. The molecule has 4 aromatic rings. The van der Waals surface area contributed by atoms with Gasteiger partial charge in [0.15, 0.2) is 22.9 Å². The first-order chi connectivity index (χ1) is 27.5. The number of hydrogen-bond donors (Lipinski definition) is 2. The lowest BCUT2D eigenvalue weighted by Gasteiger charge is -2.45. The second-order valence-corrected chi connectivity index (χ2v) is 28.1. The molecule has 2 heterocycles. The van der Waals surface area contributed by atoms with E-state index in [4.69, 9.17) is 18.3 Å². The summed E-state index contributed by atoms with van der Waals surface area (Å²) in [6, 6.07) is 26.0. The maximum atomic E-state index is 14.6. The number of nitrogens with zero attached hydrogens (tertiary/aromatic N) is 3. The zero-order chi connectivity index (χ0) is 43.5. The molecule has 59 heavy (non-hydrogen) atoms. The Bertz CT molecular complexity index is 2090. The highest BCUT2D eigenvalue weighted by Crippen LogP contribution is 2.46. The van der Waals surface area contributed by atoms with Gasteiger partial charge in [-0.05, 0) is 65.1 Å². The van der Waals surface area contributed by atoms with Gasteiger partial charge in [-0.25, -0.2) is 4.79 Å². The van der Waals surface area contributed by atoms with Crippen LogP contribution < -0.4 is 16.0 Å². The van der Waals surface area contributed by atoms with E-state index in [1.165, 1.54) is 16.8 Å². The van der Waals surface area contributed by atoms with Crippen LogP contribution in [0.1, 0.15) is 64.5 Å². The fraction of sp³-hybridized carbons (Fsp3) is 0.489. The lowest BCUT2D eigenvalue weighted by molar-refractivity contribution is -0.159. The van der Waals surface area contributed by atoms with Crippen LogP contribution in [-0.4, -0.2) is 84.4 Å². The summed E-state index contributed by atoms with van der Waals surface area (Å²) >= 11 is 0. The van der Waals surface area contributed by atoms with Gasteiger partial charge >= 0.3 is 11.7 Å². The number of carbonyl (C=O) groups is 1. The van der Waals surface area contributed by atoms with Crippen LogP contribution in [-0.2, 0) is 38.0 Å². The van der Waals surface area contributed by atoms with Crippen molar-refractivity contribution in [1.82, 2.24) is 14.0 Å². The van der Waals surface area contributed by atoms with Crippen LogP contribution in [0, 0.1) is 0 Å². The van der Waals surface area contributed by atoms with Crippen LogP contribution in [0.15, 0.2) is 107 Å². The number of aliphatic hydroxyl groups excluding tert-OH is 1. The fourth-order valence-electron chi connectivity index (χ4n) is 6.83. The summed E-state index contributed by atoms with van der Waals surface area (Å²) in [7, 11) is -3.87. The average Bonchev–Trinajstić information content (AvgIpc) is 3.49. The predicted molar refractivity (Wildman–Crippen MR) is 235 cm³/mol. The summed E-state index contributed by atoms with van der Waals surface area (Å²) in [6.07, 6.45) is -4.71. The quantitative estimate of drug-likeness (QED) is 0.111. The summed E-state index contributed by atoms with van der Waals surface area (Å²) < 4.78 is 29.1. The third-order valence-corrected chi connectivity index (χ3v) is 21.3. The van der Waals surface area contributed by atoms with E-state index in [1.807, 2.05) is 60.7 Å². The van der Waals surface area contributed by atoms with Gasteiger partial charge in [-0.3, -0.25) is 23.6 Å².